The van der Waals surface area contributed by atoms with Crippen LogP contribution >= 0.6 is 0 Å². The summed E-state index contributed by atoms with van der Waals surface area (Å²) in [5.74, 6) is 0.663. The minimum Gasteiger partial charge on any atom is -0.343 e. The zero-order chi connectivity index (χ0) is 22.0. The van der Waals surface area contributed by atoms with Crippen molar-refractivity contribution in [1.82, 2.24) is 19.2 Å². The van der Waals surface area contributed by atoms with E-state index in [1.54, 1.807) is 44.4 Å². The van der Waals surface area contributed by atoms with Gasteiger partial charge in [0.1, 0.15) is 17.2 Å². The molecular weight excluding hydrogens is 412 g/mol. The number of nitrogens with zero attached hydrogens (tertiary/aromatic N) is 3. The third-order valence-electron chi connectivity index (χ3n) is 5.61. The van der Waals surface area contributed by atoms with Crippen molar-refractivity contribution < 1.29 is 13.2 Å². The molecule has 3 aromatic rings. The molecule has 2 aromatic carbocycles. The van der Waals surface area contributed by atoms with E-state index in [0.29, 0.717) is 42.2 Å². The van der Waals surface area contributed by atoms with Gasteiger partial charge in [-0.15, -0.1) is 0 Å². The van der Waals surface area contributed by atoms with Crippen LogP contribution in [0.25, 0.3) is 11.3 Å². The molecule has 1 fully saturated rings. The number of imidazole rings is 1. The molecule has 7 nitrogen and oxygen atoms in total. The fourth-order valence-corrected chi connectivity index (χ4v) is 5.37. The molecule has 1 aliphatic heterocycles. The topological polar surface area (TPSA) is 86.4 Å². The third kappa shape index (κ3) is 4.26. The van der Waals surface area contributed by atoms with E-state index in [-0.39, 0.29) is 11.8 Å². The van der Waals surface area contributed by atoms with Gasteiger partial charge >= 0.3 is 0 Å². The summed E-state index contributed by atoms with van der Waals surface area (Å²) < 4.78 is 27.3. The van der Waals surface area contributed by atoms with E-state index in [0.717, 1.165) is 11.4 Å². The van der Waals surface area contributed by atoms with Crippen LogP contribution in [0.2, 0.25) is 0 Å². The molecule has 162 valence electrons. The average Bonchev–Trinajstić information content (AvgIpc) is 3.25. The minimum atomic E-state index is -3.50. The Morgan fingerprint density at radius 2 is 1.58 bits per heavy atom. The zero-order valence-corrected chi connectivity index (χ0v) is 18.5. The second kappa shape index (κ2) is 8.64. The van der Waals surface area contributed by atoms with Crippen molar-refractivity contribution in [1.29, 1.82) is 0 Å². The summed E-state index contributed by atoms with van der Waals surface area (Å²) in [5.41, 5.74) is 1.97. The van der Waals surface area contributed by atoms with E-state index in [1.807, 2.05) is 30.3 Å². The molecule has 0 aliphatic carbocycles. The summed E-state index contributed by atoms with van der Waals surface area (Å²) in [5, 5.41) is 0. The second-order valence-corrected chi connectivity index (χ2v) is 9.84. The summed E-state index contributed by atoms with van der Waals surface area (Å²) in [4.78, 5) is 22.6. The van der Waals surface area contributed by atoms with Crippen molar-refractivity contribution in [3.05, 3.63) is 72.2 Å². The number of hydrogen-bond acceptors (Lipinski definition) is 4. The van der Waals surface area contributed by atoms with Gasteiger partial charge in [0.15, 0.2) is 0 Å². The number of carbonyl (C=O) groups excluding carboxylic acids is 1. The molecule has 1 aliphatic rings. The predicted molar refractivity (Wildman–Crippen MR) is 119 cm³/mol. The number of nitrogens with one attached hydrogen (secondary N) is 1. The lowest BCUT2D eigenvalue weighted by molar-refractivity contribution is 0.0823. The zero-order valence-electron chi connectivity index (χ0n) is 17.7. The van der Waals surface area contributed by atoms with E-state index < -0.39 is 10.0 Å². The second-order valence-electron chi connectivity index (χ2n) is 7.90. The van der Waals surface area contributed by atoms with E-state index in [2.05, 4.69) is 4.98 Å². The lowest BCUT2D eigenvalue weighted by atomic mass is 9.97. The summed E-state index contributed by atoms with van der Waals surface area (Å²) in [6, 6.07) is 18.1. The molecule has 1 saturated heterocycles. The Hall–Kier alpha value is -2.97. The standard InChI is InChI=1S/C23H26N4O3S/c1-26(2)23(28)21-20(17-9-5-3-6-10-17)24-22(25-21)18-13-15-27(16-14-18)31(29,30)19-11-7-4-8-12-19/h3-12,18H,13-16H2,1-2H3,(H,24,25). The van der Waals surface area contributed by atoms with Gasteiger partial charge in [-0.25, -0.2) is 13.4 Å². The molecule has 31 heavy (non-hydrogen) atoms. The molecule has 1 amide bonds. The lowest BCUT2D eigenvalue weighted by Crippen LogP contribution is -2.38. The Balaban J connectivity index is 1.57. The molecule has 4 rings (SSSR count). The number of carbonyl (C=O) groups is 1. The van der Waals surface area contributed by atoms with Gasteiger partial charge in [0, 0.05) is 38.7 Å². The predicted octanol–water partition coefficient (Wildman–Crippen LogP) is 3.35. The van der Waals surface area contributed by atoms with Crippen LogP contribution in [0.15, 0.2) is 65.6 Å². The summed E-state index contributed by atoms with van der Waals surface area (Å²) in [6.45, 7) is 0.834. The maximum absolute atomic E-state index is 12.9. The molecule has 0 saturated carbocycles. The lowest BCUT2D eigenvalue weighted by Gasteiger charge is -2.30. The van der Waals surface area contributed by atoms with Gasteiger partial charge in [0.25, 0.3) is 5.91 Å². The van der Waals surface area contributed by atoms with Gasteiger partial charge in [-0.2, -0.15) is 4.31 Å². The molecule has 0 unspecified atom stereocenters. The Kier molecular flexibility index (Phi) is 5.93. The Bertz CT molecular complexity index is 1150. The highest BCUT2D eigenvalue weighted by Gasteiger charge is 2.32. The first-order chi connectivity index (χ1) is 14.9. The highest BCUT2D eigenvalue weighted by atomic mass is 32.2. The molecule has 0 bridgehead atoms. The summed E-state index contributed by atoms with van der Waals surface area (Å²) >= 11 is 0. The summed E-state index contributed by atoms with van der Waals surface area (Å²) in [7, 11) is -0.0706. The number of benzene rings is 2. The van der Waals surface area contributed by atoms with Crippen LogP contribution in [0.3, 0.4) is 0 Å². The Labute approximate surface area is 182 Å². The summed E-state index contributed by atoms with van der Waals surface area (Å²) in [6.07, 6.45) is 1.28. The monoisotopic (exact) mass is 438 g/mol. The number of piperidine rings is 1. The van der Waals surface area contributed by atoms with Crippen LogP contribution in [-0.2, 0) is 10.0 Å². The van der Waals surface area contributed by atoms with E-state index in [1.165, 1.54) is 9.21 Å². The maximum atomic E-state index is 12.9. The SMILES string of the molecule is CN(C)C(=O)c1[nH]c(C2CCN(S(=O)(=O)c3ccccc3)CC2)nc1-c1ccccc1. The minimum absolute atomic E-state index is 0.0633. The first-order valence-electron chi connectivity index (χ1n) is 10.3. The van der Waals surface area contributed by atoms with Crippen molar-refractivity contribution in [2.75, 3.05) is 27.2 Å². The molecular formula is C23H26N4O3S. The van der Waals surface area contributed by atoms with Crippen LogP contribution in [0.1, 0.15) is 35.1 Å². The van der Waals surface area contributed by atoms with Crippen LogP contribution in [0.4, 0.5) is 0 Å². The van der Waals surface area contributed by atoms with Crippen molar-refractivity contribution in [2.24, 2.45) is 0 Å². The molecule has 1 aromatic heterocycles. The van der Waals surface area contributed by atoms with Gasteiger partial charge in [-0.1, -0.05) is 48.5 Å². The number of hydrogen-bond donors (Lipinski definition) is 1. The molecule has 0 radical (unpaired) electrons. The Morgan fingerprint density at radius 3 is 2.16 bits per heavy atom. The fraction of sp³-hybridized carbons (Fsp3) is 0.304. The number of rotatable bonds is 5. The van der Waals surface area contributed by atoms with Crippen LogP contribution in [0, 0.1) is 0 Å². The van der Waals surface area contributed by atoms with Crippen molar-refractivity contribution in [3.8, 4) is 11.3 Å². The van der Waals surface area contributed by atoms with Gasteiger partial charge in [0.05, 0.1) is 4.90 Å². The molecule has 0 spiro atoms. The van der Waals surface area contributed by atoms with Crippen LogP contribution in [-0.4, -0.2) is 60.7 Å². The number of aromatic nitrogens is 2. The highest BCUT2D eigenvalue weighted by Crippen LogP contribution is 2.32. The number of amides is 1. The quantitative estimate of drug-likeness (QED) is 0.662. The van der Waals surface area contributed by atoms with Crippen molar-refractivity contribution in [3.63, 3.8) is 0 Å². The van der Waals surface area contributed by atoms with Gasteiger partial charge in [-0.05, 0) is 25.0 Å². The normalized spacial score (nSPS) is 15.7. The number of H-pyrrole nitrogens is 1. The fourth-order valence-electron chi connectivity index (χ4n) is 3.88. The smallest absolute Gasteiger partial charge is 0.272 e. The van der Waals surface area contributed by atoms with E-state index >= 15 is 0 Å². The molecule has 1 N–H and O–H groups in total. The first kappa shape index (κ1) is 21.3. The van der Waals surface area contributed by atoms with Crippen LogP contribution < -0.4 is 0 Å². The highest BCUT2D eigenvalue weighted by molar-refractivity contribution is 7.89. The number of aromatic amines is 1. The Morgan fingerprint density at radius 1 is 1.00 bits per heavy atom. The van der Waals surface area contributed by atoms with Crippen molar-refractivity contribution >= 4 is 15.9 Å². The van der Waals surface area contributed by atoms with Crippen LogP contribution in [0.5, 0.6) is 0 Å². The van der Waals surface area contributed by atoms with E-state index in [4.69, 9.17) is 4.98 Å². The van der Waals surface area contributed by atoms with Gasteiger partial charge < -0.3 is 9.88 Å². The van der Waals surface area contributed by atoms with E-state index in [9.17, 15) is 13.2 Å². The largest absolute Gasteiger partial charge is 0.343 e. The van der Waals surface area contributed by atoms with Gasteiger partial charge in [-0.3, -0.25) is 4.79 Å². The average molecular weight is 439 g/mol. The maximum Gasteiger partial charge on any atom is 0.272 e. The first-order valence-corrected chi connectivity index (χ1v) is 11.7. The third-order valence-corrected chi connectivity index (χ3v) is 7.52. The van der Waals surface area contributed by atoms with Gasteiger partial charge in [0.2, 0.25) is 10.0 Å². The molecule has 0 atom stereocenters. The van der Waals surface area contributed by atoms with Crippen molar-refractivity contribution in [2.45, 2.75) is 23.7 Å². The molecule has 2 heterocycles. The molecule has 8 heteroatoms. The number of sulfonamides is 1.